The van der Waals surface area contributed by atoms with Crippen molar-refractivity contribution in [2.45, 2.75) is 4.90 Å². The molecule has 3 aromatic carbocycles. The zero-order valence-electron chi connectivity index (χ0n) is 16.9. The Morgan fingerprint density at radius 1 is 0.969 bits per heavy atom. The van der Waals surface area contributed by atoms with Crippen LogP contribution in [0.5, 0.6) is 5.75 Å². The third kappa shape index (κ3) is 6.03. The minimum absolute atomic E-state index is 0.0699. The number of carbonyl (C=O) groups is 3. The molecule has 0 bridgehead atoms. The first-order valence-electron chi connectivity index (χ1n) is 9.37. The summed E-state index contributed by atoms with van der Waals surface area (Å²) >= 11 is 7.29. The Bertz CT molecular complexity index is 1150. The van der Waals surface area contributed by atoms with Crippen LogP contribution >= 0.6 is 23.4 Å². The van der Waals surface area contributed by atoms with Crippen LogP contribution in [-0.4, -0.2) is 35.8 Å². The van der Waals surface area contributed by atoms with Gasteiger partial charge in [0, 0.05) is 15.6 Å². The Morgan fingerprint density at radius 2 is 1.66 bits per heavy atom. The molecule has 3 N–H and O–H groups in total. The van der Waals surface area contributed by atoms with Crippen LogP contribution in [0.1, 0.15) is 20.7 Å². The van der Waals surface area contributed by atoms with Crippen molar-refractivity contribution in [2.75, 3.05) is 23.5 Å². The van der Waals surface area contributed by atoms with Crippen LogP contribution in [0.15, 0.2) is 71.6 Å². The minimum Gasteiger partial charge on any atom is -0.495 e. The maximum atomic E-state index is 12.4. The zero-order chi connectivity index (χ0) is 23.1. The van der Waals surface area contributed by atoms with Crippen molar-refractivity contribution in [1.29, 1.82) is 0 Å². The molecule has 0 saturated carbocycles. The van der Waals surface area contributed by atoms with Gasteiger partial charge in [0.05, 0.1) is 29.7 Å². The second-order valence-corrected chi connectivity index (χ2v) is 8.00. The van der Waals surface area contributed by atoms with Gasteiger partial charge in [0.15, 0.2) is 0 Å². The van der Waals surface area contributed by atoms with Gasteiger partial charge in [0.1, 0.15) is 5.75 Å². The van der Waals surface area contributed by atoms with Crippen molar-refractivity contribution in [3.05, 3.63) is 82.9 Å². The van der Waals surface area contributed by atoms with Crippen LogP contribution < -0.4 is 15.4 Å². The topological polar surface area (TPSA) is 105 Å². The van der Waals surface area contributed by atoms with E-state index < -0.39 is 11.9 Å². The first kappa shape index (κ1) is 23.2. The molecule has 2 amide bonds. The smallest absolute Gasteiger partial charge is 0.336 e. The molecule has 0 fully saturated rings. The molecule has 0 saturated heterocycles. The standard InChI is InChI=1S/C23H19ClN2O5S/c1-31-20-11-6-14(24)12-19(20)26-21(27)13-32-16-9-7-15(8-10-16)25-22(28)17-4-2-3-5-18(17)23(29)30/h2-12H,13H2,1H3,(H,25,28)(H,26,27)(H,29,30). The molecule has 0 aromatic heterocycles. The molecule has 0 aliphatic rings. The average molecular weight is 471 g/mol. The van der Waals surface area contributed by atoms with E-state index in [0.717, 1.165) is 4.90 Å². The summed E-state index contributed by atoms with van der Waals surface area (Å²) in [5.74, 6) is -1.24. The van der Waals surface area contributed by atoms with Crippen molar-refractivity contribution in [2.24, 2.45) is 0 Å². The molecule has 0 atom stereocenters. The van der Waals surface area contributed by atoms with Crippen molar-refractivity contribution < 1.29 is 24.2 Å². The number of rotatable bonds is 8. The van der Waals surface area contributed by atoms with Crippen molar-refractivity contribution in [3.8, 4) is 5.75 Å². The van der Waals surface area contributed by atoms with E-state index in [2.05, 4.69) is 10.6 Å². The van der Waals surface area contributed by atoms with Crippen LogP contribution in [0.2, 0.25) is 5.02 Å². The van der Waals surface area contributed by atoms with Gasteiger partial charge in [0.25, 0.3) is 5.91 Å². The summed E-state index contributed by atoms with van der Waals surface area (Å²) in [7, 11) is 1.51. The summed E-state index contributed by atoms with van der Waals surface area (Å²) in [4.78, 5) is 36.8. The molecule has 0 spiro atoms. The van der Waals surface area contributed by atoms with Crippen LogP contribution in [0, 0.1) is 0 Å². The second-order valence-electron chi connectivity index (χ2n) is 6.51. The number of halogens is 1. The van der Waals surface area contributed by atoms with Crippen LogP contribution in [0.4, 0.5) is 11.4 Å². The van der Waals surface area contributed by atoms with Gasteiger partial charge < -0.3 is 20.5 Å². The normalized spacial score (nSPS) is 10.3. The van der Waals surface area contributed by atoms with E-state index in [-0.39, 0.29) is 22.8 Å². The molecule has 3 aromatic rings. The Balaban J connectivity index is 1.57. The van der Waals surface area contributed by atoms with Gasteiger partial charge in [-0.3, -0.25) is 9.59 Å². The summed E-state index contributed by atoms with van der Waals surface area (Å²) < 4.78 is 5.21. The predicted octanol–water partition coefficient (Wildman–Crippen LogP) is 5.03. The second kappa shape index (κ2) is 10.7. The predicted molar refractivity (Wildman–Crippen MR) is 125 cm³/mol. The van der Waals surface area contributed by atoms with Gasteiger partial charge in [-0.05, 0) is 54.6 Å². The van der Waals surface area contributed by atoms with E-state index in [0.29, 0.717) is 22.1 Å². The highest BCUT2D eigenvalue weighted by Gasteiger charge is 2.16. The number of carbonyl (C=O) groups excluding carboxylic acids is 2. The summed E-state index contributed by atoms with van der Waals surface area (Å²) in [6.07, 6.45) is 0. The van der Waals surface area contributed by atoms with E-state index >= 15 is 0 Å². The lowest BCUT2D eigenvalue weighted by atomic mass is 10.1. The van der Waals surface area contributed by atoms with Crippen molar-refractivity contribution >= 4 is 52.5 Å². The Hall–Kier alpha value is -3.49. The highest BCUT2D eigenvalue weighted by Crippen LogP contribution is 2.28. The molecular weight excluding hydrogens is 452 g/mol. The largest absolute Gasteiger partial charge is 0.495 e. The Morgan fingerprint density at radius 3 is 2.31 bits per heavy atom. The van der Waals surface area contributed by atoms with Gasteiger partial charge in [-0.25, -0.2) is 4.79 Å². The lowest BCUT2D eigenvalue weighted by molar-refractivity contribution is -0.113. The van der Waals surface area contributed by atoms with E-state index in [1.54, 1.807) is 54.6 Å². The van der Waals surface area contributed by atoms with Crippen LogP contribution in [-0.2, 0) is 4.79 Å². The maximum absolute atomic E-state index is 12.4. The Labute approximate surface area is 193 Å². The van der Waals surface area contributed by atoms with Crippen molar-refractivity contribution in [1.82, 2.24) is 0 Å². The molecule has 0 aliphatic carbocycles. The van der Waals surface area contributed by atoms with E-state index in [1.807, 2.05) is 0 Å². The number of carboxylic acids is 1. The fourth-order valence-corrected chi connectivity index (χ4v) is 3.68. The van der Waals surface area contributed by atoms with E-state index in [4.69, 9.17) is 16.3 Å². The molecule has 0 heterocycles. The number of hydrogen-bond acceptors (Lipinski definition) is 5. The van der Waals surface area contributed by atoms with Crippen molar-refractivity contribution in [3.63, 3.8) is 0 Å². The maximum Gasteiger partial charge on any atom is 0.336 e. The van der Waals surface area contributed by atoms with Gasteiger partial charge in [-0.1, -0.05) is 23.7 Å². The third-order valence-corrected chi connectivity index (χ3v) is 5.57. The first-order valence-corrected chi connectivity index (χ1v) is 10.7. The number of benzene rings is 3. The Kier molecular flexibility index (Phi) is 7.75. The third-order valence-electron chi connectivity index (χ3n) is 4.32. The lowest BCUT2D eigenvalue weighted by Crippen LogP contribution is -2.16. The quantitative estimate of drug-likeness (QED) is 0.399. The molecule has 0 aliphatic heterocycles. The number of aromatic carboxylic acids is 1. The number of carboxylic acid groups (broad SMARTS) is 1. The molecule has 7 nitrogen and oxygen atoms in total. The molecule has 0 unspecified atom stereocenters. The van der Waals surface area contributed by atoms with Gasteiger partial charge in [-0.2, -0.15) is 0 Å². The van der Waals surface area contributed by atoms with Gasteiger partial charge >= 0.3 is 5.97 Å². The lowest BCUT2D eigenvalue weighted by Gasteiger charge is -2.11. The number of thioether (sulfide) groups is 1. The molecule has 9 heteroatoms. The van der Waals surface area contributed by atoms with Gasteiger partial charge in [0.2, 0.25) is 5.91 Å². The van der Waals surface area contributed by atoms with E-state index in [1.165, 1.54) is 31.0 Å². The van der Waals surface area contributed by atoms with E-state index in [9.17, 15) is 19.5 Å². The van der Waals surface area contributed by atoms with Gasteiger partial charge in [-0.15, -0.1) is 11.8 Å². The molecule has 0 radical (unpaired) electrons. The summed E-state index contributed by atoms with van der Waals surface area (Å²) in [6, 6.07) is 17.8. The molecule has 32 heavy (non-hydrogen) atoms. The zero-order valence-corrected chi connectivity index (χ0v) is 18.5. The summed E-state index contributed by atoms with van der Waals surface area (Å²) in [5, 5.41) is 15.2. The number of hydrogen-bond donors (Lipinski definition) is 3. The monoisotopic (exact) mass is 470 g/mol. The number of anilines is 2. The fraction of sp³-hybridized carbons (Fsp3) is 0.0870. The summed E-state index contributed by atoms with van der Waals surface area (Å²) in [5.41, 5.74) is 1.00. The average Bonchev–Trinajstić information content (AvgIpc) is 2.78. The van der Waals surface area contributed by atoms with Crippen LogP contribution in [0.3, 0.4) is 0 Å². The first-order chi connectivity index (χ1) is 15.4. The fourth-order valence-electron chi connectivity index (χ4n) is 2.81. The summed E-state index contributed by atoms with van der Waals surface area (Å²) in [6.45, 7) is 0. The molecular formula is C23H19ClN2O5S. The number of nitrogens with one attached hydrogen (secondary N) is 2. The van der Waals surface area contributed by atoms with Crippen LogP contribution in [0.25, 0.3) is 0 Å². The number of ether oxygens (including phenoxy) is 1. The minimum atomic E-state index is -1.17. The molecule has 164 valence electrons. The molecule has 3 rings (SSSR count). The SMILES string of the molecule is COc1ccc(Cl)cc1NC(=O)CSc1ccc(NC(=O)c2ccccc2C(=O)O)cc1. The highest BCUT2D eigenvalue weighted by atomic mass is 35.5. The number of methoxy groups -OCH3 is 1. The highest BCUT2D eigenvalue weighted by molar-refractivity contribution is 8.00. The number of amides is 2.